The topological polar surface area (TPSA) is 97.2 Å². The molecule has 7 heteroatoms. The molecule has 0 fully saturated rings. The number of pyridine rings is 1. The summed E-state index contributed by atoms with van der Waals surface area (Å²) in [6.07, 6.45) is 1.85. The van der Waals surface area contributed by atoms with Gasteiger partial charge in [0.1, 0.15) is 11.5 Å². The summed E-state index contributed by atoms with van der Waals surface area (Å²) in [4.78, 5) is 26.3. The van der Waals surface area contributed by atoms with E-state index in [1.807, 2.05) is 13.0 Å². The van der Waals surface area contributed by atoms with Crippen LogP contribution in [0.2, 0.25) is 0 Å². The maximum Gasteiger partial charge on any atom is 0.292 e. The molecule has 0 radical (unpaired) electrons. The Morgan fingerprint density at radius 1 is 1.27 bits per heavy atom. The van der Waals surface area contributed by atoms with Crippen molar-refractivity contribution in [2.24, 2.45) is 0 Å². The fourth-order valence-corrected chi connectivity index (χ4v) is 1.84. The number of para-hydroxylation sites is 2. The first-order valence-electron chi connectivity index (χ1n) is 6.76. The Kier molecular flexibility index (Phi) is 5.02. The van der Waals surface area contributed by atoms with E-state index in [-0.39, 0.29) is 18.0 Å². The number of aryl methyl sites for hydroxylation is 1. The van der Waals surface area contributed by atoms with Gasteiger partial charge in [0, 0.05) is 25.2 Å². The molecule has 7 nitrogen and oxygen atoms in total. The van der Waals surface area contributed by atoms with Gasteiger partial charge >= 0.3 is 0 Å². The van der Waals surface area contributed by atoms with Crippen molar-refractivity contribution in [1.29, 1.82) is 0 Å². The van der Waals surface area contributed by atoms with Crippen LogP contribution in [-0.4, -0.2) is 22.4 Å². The summed E-state index contributed by atoms with van der Waals surface area (Å²) in [6.45, 7) is 2.21. The second-order valence-electron chi connectivity index (χ2n) is 4.72. The summed E-state index contributed by atoms with van der Waals surface area (Å²) < 4.78 is 0. The second-order valence-corrected chi connectivity index (χ2v) is 4.72. The Morgan fingerprint density at radius 2 is 2.05 bits per heavy atom. The summed E-state index contributed by atoms with van der Waals surface area (Å²) in [5.74, 6) is 0.281. The Bertz CT molecular complexity index is 671. The number of rotatable bonds is 6. The minimum atomic E-state index is -0.460. The molecule has 0 aliphatic heterocycles. The van der Waals surface area contributed by atoms with Crippen LogP contribution < -0.4 is 10.6 Å². The number of nitro benzene ring substituents is 1. The third kappa shape index (κ3) is 4.27. The van der Waals surface area contributed by atoms with Gasteiger partial charge in [-0.3, -0.25) is 14.9 Å². The van der Waals surface area contributed by atoms with Gasteiger partial charge in [0.05, 0.1) is 4.92 Å². The van der Waals surface area contributed by atoms with Gasteiger partial charge in [-0.15, -0.1) is 0 Å². The molecule has 22 heavy (non-hydrogen) atoms. The zero-order valence-electron chi connectivity index (χ0n) is 12.1. The third-order valence-corrected chi connectivity index (χ3v) is 2.95. The van der Waals surface area contributed by atoms with Gasteiger partial charge < -0.3 is 10.6 Å². The first-order valence-corrected chi connectivity index (χ1v) is 6.76. The summed E-state index contributed by atoms with van der Waals surface area (Å²) >= 11 is 0. The summed E-state index contributed by atoms with van der Waals surface area (Å²) in [5, 5.41) is 16.4. The zero-order valence-corrected chi connectivity index (χ0v) is 12.1. The number of hydrogen-bond donors (Lipinski definition) is 2. The largest absolute Gasteiger partial charge is 0.379 e. The molecular formula is C15H16N4O3. The lowest BCUT2D eigenvalue weighted by molar-refractivity contribution is -0.384. The van der Waals surface area contributed by atoms with Crippen molar-refractivity contribution in [3.8, 4) is 0 Å². The number of aromatic nitrogens is 1. The number of carbonyl (C=O) groups excluding carboxylic acids is 1. The van der Waals surface area contributed by atoms with Gasteiger partial charge in [0.2, 0.25) is 5.91 Å². The van der Waals surface area contributed by atoms with Crippen LogP contribution in [0.5, 0.6) is 0 Å². The molecule has 0 aliphatic carbocycles. The number of amides is 1. The van der Waals surface area contributed by atoms with Gasteiger partial charge in [-0.05, 0) is 24.6 Å². The Hall–Kier alpha value is -2.96. The van der Waals surface area contributed by atoms with E-state index >= 15 is 0 Å². The van der Waals surface area contributed by atoms with Crippen molar-refractivity contribution in [1.82, 2.24) is 4.98 Å². The summed E-state index contributed by atoms with van der Waals surface area (Å²) in [5.41, 5.74) is 1.40. The second kappa shape index (κ2) is 7.16. The highest BCUT2D eigenvalue weighted by molar-refractivity contribution is 5.90. The molecule has 0 saturated carbocycles. The first kappa shape index (κ1) is 15.4. The maximum atomic E-state index is 11.8. The molecule has 2 N–H and O–H groups in total. The minimum absolute atomic E-state index is 0.0110. The van der Waals surface area contributed by atoms with Crippen LogP contribution in [0.4, 0.5) is 17.2 Å². The number of nitro groups is 1. The molecule has 114 valence electrons. The van der Waals surface area contributed by atoms with Gasteiger partial charge in [0.15, 0.2) is 0 Å². The highest BCUT2D eigenvalue weighted by Crippen LogP contribution is 2.22. The van der Waals surface area contributed by atoms with E-state index < -0.39 is 4.92 Å². The number of carbonyl (C=O) groups is 1. The number of benzene rings is 1. The molecule has 1 aromatic carbocycles. The number of nitrogens with one attached hydrogen (secondary N) is 2. The molecule has 1 amide bonds. The standard InChI is InChI=1S/C15H16N4O3/c1-11-6-7-14(17-10-11)18-15(20)8-9-16-12-4-2-3-5-13(12)19(21)22/h2-7,10,16H,8-9H2,1H3,(H,17,18,20). The molecule has 2 rings (SSSR count). The first-order chi connectivity index (χ1) is 10.6. The lowest BCUT2D eigenvalue weighted by Gasteiger charge is -2.07. The average Bonchev–Trinajstić information content (AvgIpc) is 2.50. The number of anilines is 2. The Morgan fingerprint density at radius 3 is 2.73 bits per heavy atom. The molecular weight excluding hydrogens is 284 g/mol. The van der Waals surface area contributed by atoms with E-state index in [0.717, 1.165) is 5.56 Å². The van der Waals surface area contributed by atoms with Gasteiger partial charge in [-0.1, -0.05) is 18.2 Å². The molecule has 0 spiro atoms. The predicted molar refractivity (Wildman–Crippen MR) is 83.8 cm³/mol. The van der Waals surface area contributed by atoms with E-state index in [1.54, 1.807) is 30.5 Å². The molecule has 2 aromatic rings. The van der Waals surface area contributed by atoms with Crippen molar-refractivity contribution in [2.45, 2.75) is 13.3 Å². The van der Waals surface area contributed by atoms with Gasteiger partial charge in [-0.25, -0.2) is 4.98 Å². The summed E-state index contributed by atoms with van der Waals surface area (Å²) in [6, 6.07) is 9.90. The van der Waals surface area contributed by atoms with Crippen molar-refractivity contribution in [3.63, 3.8) is 0 Å². The van der Waals surface area contributed by atoms with E-state index in [0.29, 0.717) is 18.1 Å². The van der Waals surface area contributed by atoms with Crippen LogP contribution in [0.3, 0.4) is 0 Å². The molecule has 1 aromatic heterocycles. The van der Waals surface area contributed by atoms with Crippen molar-refractivity contribution >= 4 is 23.1 Å². The fraction of sp³-hybridized carbons (Fsp3) is 0.200. The van der Waals surface area contributed by atoms with Gasteiger partial charge in [-0.2, -0.15) is 0 Å². The van der Waals surface area contributed by atoms with Crippen LogP contribution in [0, 0.1) is 17.0 Å². The zero-order chi connectivity index (χ0) is 15.9. The van der Waals surface area contributed by atoms with Crippen molar-refractivity contribution < 1.29 is 9.72 Å². The molecule has 0 saturated heterocycles. The van der Waals surface area contributed by atoms with Crippen LogP contribution in [-0.2, 0) is 4.79 Å². The Balaban J connectivity index is 1.85. The average molecular weight is 300 g/mol. The normalized spacial score (nSPS) is 10.0. The summed E-state index contributed by atoms with van der Waals surface area (Å²) in [7, 11) is 0. The highest BCUT2D eigenvalue weighted by atomic mass is 16.6. The number of hydrogen-bond acceptors (Lipinski definition) is 5. The fourth-order valence-electron chi connectivity index (χ4n) is 1.84. The van der Waals surface area contributed by atoms with Gasteiger partial charge in [0.25, 0.3) is 5.69 Å². The van der Waals surface area contributed by atoms with Crippen LogP contribution >= 0.6 is 0 Å². The van der Waals surface area contributed by atoms with E-state index in [4.69, 9.17) is 0 Å². The molecule has 0 aliphatic rings. The van der Waals surface area contributed by atoms with E-state index in [1.165, 1.54) is 6.07 Å². The van der Waals surface area contributed by atoms with E-state index in [2.05, 4.69) is 15.6 Å². The van der Waals surface area contributed by atoms with Crippen LogP contribution in [0.1, 0.15) is 12.0 Å². The molecule has 0 bridgehead atoms. The lowest BCUT2D eigenvalue weighted by atomic mass is 10.2. The maximum absolute atomic E-state index is 11.8. The predicted octanol–water partition coefficient (Wildman–Crippen LogP) is 2.74. The van der Waals surface area contributed by atoms with E-state index in [9.17, 15) is 14.9 Å². The monoisotopic (exact) mass is 300 g/mol. The third-order valence-electron chi connectivity index (χ3n) is 2.95. The SMILES string of the molecule is Cc1ccc(NC(=O)CCNc2ccccc2[N+](=O)[O-])nc1. The Labute approximate surface area is 127 Å². The molecule has 0 atom stereocenters. The molecule has 1 heterocycles. The quantitative estimate of drug-likeness (QED) is 0.631. The van der Waals surface area contributed by atoms with Crippen LogP contribution in [0.15, 0.2) is 42.6 Å². The lowest BCUT2D eigenvalue weighted by Crippen LogP contribution is -2.17. The van der Waals surface area contributed by atoms with Crippen molar-refractivity contribution in [3.05, 3.63) is 58.3 Å². The van der Waals surface area contributed by atoms with Crippen LogP contribution in [0.25, 0.3) is 0 Å². The van der Waals surface area contributed by atoms with Crippen molar-refractivity contribution in [2.75, 3.05) is 17.2 Å². The molecule has 0 unspecified atom stereocenters. The number of nitrogens with zero attached hydrogens (tertiary/aromatic N) is 2. The minimum Gasteiger partial charge on any atom is -0.379 e. The smallest absolute Gasteiger partial charge is 0.292 e. The highest BCUT2D eigenvalue weighted by Gasteiger charge is 2.12.